The highest BCUT2D eigenvalue weighted by Gasteiger charge is 2.45. The van der Waals surface area contributed by atoms with Crippen molar-refractivity contribution < 1.29 is 19.5 Å². The first-order valence-corrected chi connectivity index (χ1v) is 8.59. The summed E-state index contributed by atoms with van der Waals surface area (Å²) >= 11 is 0. The number of carbonyl (C=O) groups is 3. The predicted molar refractivity (Wildman–Crippen MR) is 90.8 cm³/mol. The molecule has 7 heteroatoms. The minimum Gasteiger partial charge on any atom is -0.391 e. The Morgan fingerprint density at radius 3 is 2.56 bits per heavy atom. The van der Waals surface area contributed by atoms with E-state index in [1.54, 1.807) is 17.0 Å². The van der Waals surface area contributed by atoms with Crippen LogP contribution in [0.15, 0.2) is 24.3 Å². The molecule has 3 atom stereocenters. The zero-order valence-corrected chi connectivity index (χ0v) is 14.4. The Kier molecular flexibility index (Phi) is 4.76. The molecule has 2 fully saturated rings. The lowest BCUT2D eigenvalue weighted by Gasteiger charge is -2.45. The van der Waals surface area contributed by atoms with Gasteiger partial charge in [0.15, 0.2) is 0 Å². The van der Waals surface area contributed by atoms with Gasteiger partial charge in [-0.05, 0) is 31.0 Å². The number of fused-ring (bicyclic) bond motifs is 1. The molecular weight excluding hydrogens is 322 g/mol. The number of aliphatic hydroxyl groups is 1. The number of benzene rings is 1. The third kappa shape index (κ3) is 3.24. The number of hydrogen-bond acceptors (Lipinski definition) is 4. The van der Waals surface area contributed by atoms with Gasteiger partial charge >= 0.3 is 0 Å². The van der Waals surface area contributed by atoms with Gasteiger partial charge < -0.3 is 20.2 Å². The molecule has 0 spiro atoms. The minimum absolute atomic E-state index is 0.139. The highest BCUT2D eigenvalue weighted by Crippen LogP contribution is 2.19. The van der Waals surface area contributed by atoms with E-state index in [-0.39, 0.29) is 24.3 Å². The van der Waals surface area contributed by atoms with Gasteiger partial charge in [-0.25, -0.2) is 0 Å². The summed E-state index contributed by atoms with van der Waals surface area (Å²) in [5.41, 5.74) is 1.73. The molecule has 134 valence electrons. The van der Waals surface area contributed by atoms with Gasteiger partial charge in [-0.2, -0.15) is 0 Å². The SMILES string of the molecule is CCc1ccc(C(=O)N2CCN3C(=O)[C@H]([C@@H](C)O)NC(=O)[C@H]3C2)cc1. The van der Waals surface area contributed by atoms with Crippen molar-refractivity contribution in [2.45, 2.75) is 38.5 Å². The van der Waals surface area contributed by atoms with Crippen molar-refractivity contribution in [3.05, 3.63) is 35.4 Å². The minimum atomic E-state index is -0.950. The second-order valence-corrected chi connectivity index (χ2v) is 6.58. The molecule has 7 nitrogen and oxygen atoms in total. The van der Waals surface area contributed by atoms with Gasteiger partial charge in [0, 0.05) is 18.7 Å². The topological polar surface area (TPSA) is 90.0 Å². The summed E-state index contributed by atoms with van der Waals surface area (Å²) in [6.45, 7) is 4.35. The molecule has 25 heavy (non-hydrogen) atoms. The van der Waals surface area contributed by atoms with E-state index in [1.807, 2.05) is 12.1 Å². The van der Waals surface area contributed by atoms with Crippen LogP contribution in [0.4, 0.5) is 0 Å². The van der Waals surface area contributed by atoms with Crippen LogP contribution in [0.25, 0.3) is 0 Å². The van der Waals surface area contributed by atoms with Crippen molar-refractivity contribution in [2.75, 3.05) is 19.6 Å². The molecule has 2 N–H and O–H groups in total. The van der Waals surface area contributed by atoms with E-state index in [1.165, 1.54) is 11.8 Å². The van der Waals surface area contributed by atoms with Crippen LogP contribution in [0.3, 0.4) is 0 Å². The molecule has 2 aliphatic rings. The van der Waals surface area contributed by atoms with Crippen LogP contribution in [0.5, 0.6) is 0 Å². The summed E-state index contributed by atoms with van der Waals surface area (Å²) in [5.74, 6) is -0.761. The summed E-state index contributed by atoms with van der Waals surface area (Å²) in [7, 11) is 0. The van der Waals surface area contributed by atoms with Crippen molar-refractivity contribution in [3.63, 3.8) is 0 Å². The van der Waals surface area contributed by atoms with Crippen molar-refractivity contribution >= 4 is 17.7 Å². The average Bonchev–Trinajstić information content (AvgIpc) is 2.63. The van der Waals surface area contributed by atoms with Crippen LogP contribution in [0.2, 0.25) is 0 Å². The van der Waals surface area contributed by atoms with Crippen LogP contribution < -0.4 is 5.32 Å². The number of piperazine rings is 2. The molecule has 0 aromatic heterocycles. The summed E-state index contributed by atoms with van der Waals surface area (Å²) in [6.07, 6.45) is -0.0452. The molecule has 2 heterocycles. The molecular formula is C18H23N3O4. The van der Waals surface area contributed by atoms with Crippen molar-refractivity contribution in [1.82, 2.24) is 15.1 Å². The standard InChI is InChI=1S/C18H23N3O4/c1-3-12-4-6-13(7-5-12)17(24)20-8-9-21-14(10-20)16(23)19-15(11(2)22)18(21)25/h4-7,11,14-15,22H,3,8-10H2,1-2H3,(H,19,23)/t11-,14-,15+/m1/s1. The van der Waals surface area contributed by atoms with Gasteiger partial charge in [0.05, 0.1) is 12.6 Å². The first-order valence-electron chi connectivity index (χ1n) is 8.59. The highest BCUT2D eigenvalue weighted by molar-refractivity contribution is 5.99. The maximum Gasteiger partial charge on any atom is 0.253 e. The molecule has 1 aromatic rings. The molecule has 2 aliphatic heterocycles. The van der Waals surface area contributed by atoms with Crippen LogP contribution in [-0.2, 0) is 16.0 Å². The lowest BCUT2D eigenvalue weighted by Crippen LogP contribution is -2.71. The third-order valence-electron chi connectivity index (χ3n) is 4.91. The first kappa shape index (κ1) is 17.4. The largest absolute Gasteiger partial charge is 0.391 e. The number of nitrogens with one attached hydrogen (secondary N) is 1. The second kappa shape index (κ2) is 6.84. The van der Waals surface area contributed by atoms with E-state index in [2.05, 4.69) is 12.2 Å². The number of carbonyl (C=O) groups excluding carboxylic acids is 3. The van der Waals surface area contributed by atoms with Crippen LogP contribution in [0, 0.1) is 0 Å². The Hall–Kier alpha value is -2.41. The summed E-state index contributed by atoms with van der Waals surface area (Å²) in [5, 5.41) is 12.2. The Morgan fingerprint density at radius 2 is 1.96 bits per heavy atom. The Bertz CT molecular complexity index is 686. The molecule has 3 amide bonds. The molecule has 0 radical (unpaired) electrons. The van der Waals surface area contributed by atoms with Gasteiger partial charge in [-0.3, -0.25) is 14.4 Å². The maximum atomic E-state index is 12.7. The summed E-state index contributed by atoms with van der Waals surface area (Å²) in [4.78, 5) is 40.5. The van der Waals surface area contributed by atoms with E-state index in [0.717, 1.165) is 12.0 Å². The van der Waals surface area contributed by atoms with Crippen LogP contribution >= 0.6 is 0 Å². The third-order valence-corrected chi connectivity index (χ3v) is 4.91. The second-order valence-electron chi connectivity index (χ2n) is 6.58. The van der Waals surface area contributed by atoms with E-state index < -0.39 is 18.2 Å². The molecule has 1 aromatic carbocycles. The van der Waals surface area contributed by atoms with Gasteiger partial charge in [0.25, 0.3) is 5.91 Å². The van der Waals surface area contributed by atoms with Gasteiger partial charge in [0.2, 0.25) is 11.8 Å². The van der Waals surface area contributed by atoms with Crippen LogP contribution in [0.1, 0.15) is 29.8 Å². The number of amides is 3. The summed E-state index contributed by atoms with van der Waals surface area (Å²) in [6, 6.07) is 5.83. The zero-order valence-electron chi connectivity index (χ0n) is 14.4. The average molecular weight is 345 g/mol. The molecule has 0 saturated carbocycles. The van der Waals surface area contributed by atoms with E-state index in [4.69, 9.17) is 0 Å². The van der Waals surface area contributed by atoms with Crippen molar-refractivity contribution in [3.8, 4) is 0 Å². The molecule has 0 unspecified atom stereocenters. The van der Waals surface area contributed by atoms with E-state index in [0.29, 0.717) is 18.7 Å². The highest BCUT2D eigenvalue weighted by atomic mass is 16.3. The number of rotatable bonds is 3. The molecule has 0 aliphatic carbocycles. The first-order chi connectivity index (χ1) is 11.9. The summed E-state index contributed by atoms with van der Waals surface area (Å²) < 4.78 is 0. The monoisotopic (exact) mass is 345 g/mol. The smallest absolute Gasteiger partial charge is 0.253 e. The lowest BCUT2D eigenvalue weighted by molar-refractivity contribution is -0.155. The molecule has 2 saturated heterocycles. The normalized spacial score (nSPS) is 24.6. The maximum absolute atomic E-state index is 12.7. The van der Waals surface area contributed by atoms with Gasteiger partial charge in [-0.1, -0.05) is 19.1 Å². The fourth-order valence-corrected chi connectivity index (χ4v) is 3.34. The Morgan fingerprint density at radius 1 is 1.28 bits per heavy atom. The van der Waals surface area contributed by atoms with Gasteiger partial charge in [-0.15, -0.1) is 0 Å². The molecule has 0 bridgehead atoms. The molecule has 3 rings (SSSR count). The number of hydrogen-bond donors (Lipinski definition) is 2. The Balaban J connectivity index is 1.73. The van der Waals surface area contributed by atoms with E-state index in [9.17, 15) is 19.5 Å². The van der Waals surface area contributed by atoms with Gasteiger partial charge in [0.1, 0.15) is 12.1 Å². The lowest BCUT2D eigenvalue weighted by atomic mass is 10.0. The quantitative estimate of drug-likeness (QED) is 0.793. The van der Waals surface area contributed by atoms with Crippen LogP contribution in [-0.4, -0.2) is 70.4 Å². The zero-order chi connectivity index (χ0) is 18.1. The van der Waals surface area contributed by atoms with E-state index >= 15 is 0 Å². The fraction of sp³-hybridized carbons (Fsp3) is 0.500. The van der Waals surface area contributed by atoms with Crippen molar-refractivity contribution in [2.24, 2.45) is 0 Å². The number of nitrogens with zero attached hydrogens (tertiary/aromatic N) is 2. The Labute approximate surface area is 146 Å². The predicted octanol–water partition coefficient (Wildman–Crippen LogP) is -0.219. The van der Waals surface area contributed by atoms with Crippen molar-refractivity contribution in [1.29, 1.82) is 0 Å². The number of aliphatic hydroxyl groups excluding tert-OH is 1. The number of aryl methyl sites for hydroxylation is 1. The fourth-order valence-electron chi connectivity index (χ4n) is 3.34.